The summed E-state index contributed by atoms with van der Waals surface area (Å²) < 4.78 is 12.6. The highest BCUT2D eigenvalue weighted by Crippen LogP contribution is 2.30. The molecular weight excluding hydrogens is 213 g/mol. The summed E-state index contributed by atoms with van der Waals surface area (Å²) >= 11 is 0. The van der Waals surface area contributed by atoms with E-state index >= 15 is 0 Å². The van der Waals surface area contributed by atoms with Crippen molar-refractivity contribution in [3.8, 4) is 0 Å². The van der Waals surface area contributed by atoms with Crippen molar-refractivity contribution in [2.24, 2.45) is 5.92 Å². The molecule has 1 aliphatic rings. The lowest BCUT2D eigenvalue weighted by Gasteiger charge is -2.19. The standard InChI is InChI=1S/C10H12FN3O2/c11-8-3-12-10(13-4-8)14(6-9(15)16)5-7-1-2-7/h3-4,7H,1-2,5-6H2,(H,15,16). The van der Waals surface area contributed by atoms with Crippen LogP contribution in [0.2, 0.25) is 0 Å². The monoisotopic (exact) mass is 225 g/mol. The van der Waals surface area contributed by atoms with Crippen molar-refractivity contribution in [3.05, 3.63) is 18.2 Å². The molecule has 5 nitrogen and oxygen atoms in total. The fourth-order valence-electron chi connectivity index (χ4n) is 1.46. The van der Waals surface area contributed by atoms with Gasteiger partial charge in [-0.15, -0.1) is 0 Å². The Labute approximate surface area is 91.9 Å². The minimum Gasteiger partial charge on any atom is -0.480 e. The Kier molecular flexibility index (Phi) is 2.98. The molecule has 1 aliphatic carbocycles. The smallest absolute Gasteiger partial charge is 0.323 e. The van der Waals surface area contributed by atoms with Crippen LogP contribution in [0.25, 0.3) is 0 Å². The highest BCUT2D eigenvalue weighted by molar-refractivity contribution is 5.72. The van der Waals surface area contributed by atoms with Crippen molar-refractivity contribution in [2.45, 2.75) is 12.8 Å². The molecule has 0 atom stereocenters. The molecule has 1 aromatic rings. The maximum atomic E-state index is 12.6. The van der Waals surface area contributed by atoms with Gasteiger partial charge in [0.2, 0.25) is 5.95 Å². The van der Waals surface area contributed by atoms with Crippen molar-refractivity contribution >= 4 is 11.9 Å². The van der Waals surface area contributed by atoms with Crippen LogP contribution in [-0.2, 0) is 4.79 Å². The number of carboxylic acids is 1. The number of aliphatic carboxylic acids is 1. The molecule has 1 saturated carbocycles. The second kappa shape index (κ2) is 4.42. The zero-order valence-electron chi connectivity index (χ0n) is 8.64. The molecular formula is C10H12FN3O2. The molecule has 0 amide bonds. The van der Waals surface area contributed by atoms with Crippen LogP contribution in [0.1, 0.15) is 12.8 Å². The topological polar surface area (TPSA) is 66.3 Å². The van der Waals surface area contributed by atoms with Crippen LogP contribution >= 0.6 is 0 Å². The van der Waals surface area contributed by atoms with Crippen LogP contribution in [0, 0.1) is 11.7 Å². The average Bonchev–Trinajstić information content (AvgIpc) is 3.01. The van der Waals surface area contributed by atoms with Crippen LogP contribution in [0.3, 0.4) is 0 Å². The number of halogens is 1. The fraction of sp³-hybridized carbons (Fsp3) is 0.500. The number of rotatable bonds is 5. The maximum absolute atomic E-state index is 12.6. The summed E-state index contributed by atoms with van der Waals surface area (Å²) in [7, 11) is 0. The molecule has 6 heteroatoms. The average molecular weight is 225 g/mol. The third kappa shape index (κ3) is 2.88. The third-order valence-corrected chi connectivity index (χ3v) is 2.39. The molecule has 0 spiro atoms. The van der Waals surface area contributed by atoms with Gasteiger partial charge in [-0.1, -0.05) is 0 Å². The Hall–Kier alpha value is -1.72. The lowest BCUT2D eigenvalue weighted by molar-refractivity contribution is -0.135. The molecule has 16 heavy (non-hydrogen) atoms. The SMILES string of the molecule is O=C(O)CN(CC1CC1)c1ncc(F)cn1. The van der Waals surface area contributed by atoms with Crippen LogP contribution in [-0.4, -0.2) is 34.1 Å². The summed E-state index contributed by atoms with van der Waals surface area (Å²) in [4.78, 5) is 19.8. The Bertz CT molecular complexity index is 378. The first-order chi connectivity index (χ1) is 7.65. The van der Waals surface area contributed by atoms with Gasteiger partial charge < -0.3 is 10.0 Å². The lowest BCUT2D eigenvalue weighted by Crippen LogP contribution is -2.33. The third-order valence-electron chi connectivity index (χ3n) is 2.39. The Morgan fingerprint density at radius 3 is 2.62 bits per heavy atom. The van der Waals surface area contributed by atoms with E-state index in [-0.39, 0.29) is 12.5 Å². The largest absolute Gasteiger partial charge is 0.480 e. The molecule has 0 bridgehead atoms. The number of carboxylic acid groups (broad SMARTS) is 1. The van der Waals surface area contributed by atoms with E-state index in [0.717, 1.165) is 25.2 Å². The van der Waals surface area contributed by atoms with Crippen LogP contribution in [0.5, 0.6) is 0 Å². The van der Waals surface area contributed by atoms with Crippen LogP contribution < -0.4 is 4.90 Å². The molecule has 0 saturated heterocycles. The minimum absolute atomic E-state index is 0.151. The van der Waals surface area contributed by atoms with E-state index in [9.17, 15) is 9.18 Å². The molecule has 86 valence electrons. The van der Waals surface area contributed by atoms with E-state index in [1.807, 2.05) is 0 Å². The second-order valence-electron chi connectivity index (χ2n) is 3.92. The zero-order valence-corrected chi connectivity index (χ0v) is 8.64. The number of nitrogens with zero attached hydrogens (tertiary/aromatic N) is 3. The fourth-order valence-corrected chi connectivity index (χ4v) is 1.46. The molecule has 1 aromatic heterocycles. The molecule has 0 aliphatic heterocycles. The lowest BCUT2D eigenvalue weighted by atomic mass is 10.3. The normalized spacial score (nSPS) is 14.8. The molecule has 0 aromatic carbocycles. The number of aromatic nitrogens is 2. The van der Waals surface area contributed by atoms with E-state index in [4.69, 9.17) is 5.11 Å². The Balaban J connectivity index is 2.09. The van der Waals surface area contributed by atoms with E-state index in [1.165, 1.54) is 0 Å². The summed E-state index contributed by atoms with van der Waals surface area (Å²) in [6.45, 7) is 0.472. The first-order valence-corrected chi connectivity index (χ1v) is 5.09. The van der Waals surface area contributed by atoms with Crippen molar-refractivity contribution in [1.29, 1.82) is 0 Å². The summed E-state index contributed by atoms with van der Waals surface area (Å²) in [5, 5.41) is 8.76. The molecule has 0 radical (unpaired) electrons. The van der Waals surface area contributed by atoms with Crippen molar-refractivity contribution in [2.75, 3.05) is 18.0 Å². The van der Waals surface area contributed by atoms with Crippen molar-refractivity contribution in [1.82, 2.24) is 9.97 Å². The Morgan fingerprint density at radius 2 is 2.12 bits per heavy atom. The summed E-state index contributed by atoms with van der Waals surface area (Å²) in [5.41, 5.74) is 0. The van der Waals surface area contributed by atoms with Gasteiger partial charge in [0.1, 0.15) is 6.54 Å². The van der Waals surface area contributed by atoms with Crippen LogP contribution in [0.4, 0.5) is 10.3 Å². The van der Waals surface area contributed by atoms with Crippen LogP contribution in [0.15, 0.2) is 12.4 Å². The first-order valence-electron chi connectivity index (χ1n) is 5.09. The van der Waals surface area contributed by atoms with E-state index < -0.39 is 11.8 Å². The predicted octanol–water partition coefficient (Wildman–Crippen LogP) is 0.917. The molecule has 0 unspecified atom stereocenters. The number of carbonyl (C=O) groups is 1. The molecule has 1 fully saturated rings. The van der Waals surface area contributed by atoms with Gasteiger partial charge in [0, 0.05) is 6.54 Å². The molecule has 2 rings (SSSR count). The quantitative estimate of drug-likeness (QED) is 0.807. The van der Waals surface area contributed by atoms with Gasteiger partial charge >= 0.3 is 5.97 Å². The highest BCUT2D eigenvalue weighted by Gasteiger charge is 2.26. The summed E-state index contributed by atoms with van der Waals surface area (Å²) in [5.74, 6) is -0.664. The van der Waals surface area contributed by atoms with E-state index in [2.05, 4.69) is 9.97 Å². The van der Waals surface area contributed by atoms with Crippen molar-refractivity contribution in [3.63, 3.8) is 0 Å². The van der Waals surface area contributed by atoms with Crippen molar-refractivity contribution < 1.29 is 14.3 Å². The van der Waals surface area contributed by atoms with Gasteiger partial charge in [-0.3, -0.25) is 4.79 Å². The van der Waals surface area contributed by atoms with Gasteiger partial charge in [-0.25, -0.2) is 14.4 Å². The van der Waals surface area contributed by atoms with Gasteiger partial charge in [0.15, 0.2) is 5.82 Å². The maximum Gasteiger partial charge on any atom is 0.323 e. The molecule has 1 heterocycles. The predicted molar refractivity (Wildman–Crippen MR) is 54.6 cm³/mol. The summed E-state index contributed by atoms with van der Waals surface area (Å²) in [6, 6.07) is 0. The first kappa shape index (κ1) is 10.8. The van der Waals surface area contributed by atoms with E-state index in [1.54, 1.807) is 4.90 Å². The zero-order chi connectivity index (χ0) is 11.5. The summed E-state index contributed by atoms with van der Waals surface area (Å²) in [6.07, 6.45) is 4.31. The number of hydrogen-bond donors (Lipinski definition) is 1. The van der Waals surface area contributed by atoms with E-state index in [0.29, 0.717) is 12.5 Å². The Morgan fingerprint density at radius 1 is 1.50 bits per heavy atom. The minimum atomic E-state index is -0.937. The number of hydrogen-bond acceptors (Lipinski definition) is 4. The second-order valence-corrected chi connectivity index (χ2v) is 3.92. The molecule has 1 N–H and O–H groups in total. The van der Waals surface area contributed by atoms with Gasteiger partial charge in [0.05, 0.1) is 12.4 Å². The van der Waals surface area contributed by atoms with Gasteiger partial charge in [0.25, 0.3) is 0 Å². The van der Waals surface area contributed by atoms with Gasteiger partial charge in [-0.2, -0.15) is 0 Å². The number of anilines is 1. The highest BCUT2D eigenvalue weighted by atomic mass is 19.1. The van der Waals surface area contributed by atoms with Gasteiger partial charge in [-0.05, 0) is 18.8 Å².